The van der Waals surface area contributed by atoms with Crippen LogP contribution in [0.3, 0.4) is 0 Å². The second kappa shape index (κ2) is 24.1. The van der Waals surface area contributed by atoms with Crippen molar-refractivity contribution in [1.29, 1.82) is 0 Å². The van der Waals surface area contributed by atoms with Gasteiger partial charge in [-0.05, 0) is 98.7 Å². The molecule has 0 amide bonds. The van der Waals surface area contributed by atoms with Crippen molar-refractivity contribution in [3.8, 4) is 176 Å². The SMILES string of the molecule is C#CC#CC#CC#CC#CC#CC#CC#CC#CC#CC#CC#CC#CC#CC#CI. The van der Waals surface area contributed by atoms with Crippen molar-refractivity contribution in [3.05, 3.63) is 0 Å². The molecule has 0 unspecified atom stereocenters. The van der Waals surface area contributed by atoms with E-state index in [1.807, 2.05) is 22.6 Å². The zero-order chi connectivity index (χ0) is 22.5. The first-order valence-electron chi connectivity index (χ1n) is 7.48. The van der Waals surface area contributed by atoms with Gasteiger partial charge in [0.2, 0.25) is 0 Å². The molecule has 0 rings (SSSR count). The molecule has 0 bridgehead atoms. The summed E-state index contributed by atoms with van der Waals surface area (Å²) >= 11 is 1.89. The van der Waals surface area contributed by atoms with Crippen molar-refractivity contribution in [3.63, 3.8) is 0 Å². The Morgan fingerprint density at radius 3 is 0.581 bits per heavy atom. The third kappa shape index (κ3) is 24.1. The summed E-state index contributed by atoms with van der Waals surface area (Å²) in [5, 5.41) is 0. The van der Waals surface area contributed by atoms with Gasteiger partial charge in [0.05, 0.1) is 0 Å². The van der Waals surface area contributed by atoms with Gasteiger partial charge in [0, 0.05) is 93.6 Å². The Morgan fingerprint density at radius 2 is 0.419 bits per heavy atom. The van der Waals surface area contributed by atoms with Crippen molar-refractivity contribution in [2.75, 3.05) is 0 Å². The largest absolute Gasteiger partial charge is 0.106 e. The highest BCUT2D eigenvalue weighted by molar-refractivity contribution is 14.1. The first kappa shape index (κ1) is 25.1. The lowest BCUT2D eigenvalue weighted by Crippen LogP contribution is -1.57. The highest BCUT2D eigenvalue weighted by Gasteiger charge is 1.59. The zero-order valence-corrected chi connectivity index (χ0v) is 17.6. The third-order valence-electron chi connectivity index (χ3n) is 1.74. The molecule has 31 heavy (non-hydrogen) atoms. The van der Waals surface area contributed by atoms with E-state index in [1.165, 1.54) is 0 Å². The summed E-state index contributed by atoms with van der Waals surface area (Å²) in [6.45, 7) is 0. The van der Waals surface area contributed by atoms with E-state index < -0.39 is 0 Å². The van der Waals surface area contributed by atoms with Crippen LogP contribution in [-0.2, 0) is 0 Å². The molecular weight excluding hydrogens is 487 g/mol. The molecule has 128 valence electrons. The highest BCUT2D eigenvalue weighted by Crippen LogP contribution is 1.67. The van der Waals surface area contributed by atoms with E-state index in [0.717, 1.165) is 0 Å². The monoisotopic (exact) mass is 488 g/mol. The lowest BCUT2D eigenvalue weighted by molar-refractivity contribution is 2.32. The summed E-state index contributed by atoms with van der Waals surface area (Å²) in [6, 6.07) is 0. The van der Waals surface area contributed by atoms with Crippen LogP contribution in [0.4, 0.5) is 0 Å². The molecule has 0 atom stereocenters. The average molecular weight is 488 g/mol. The number of hydrogen-bond acceptors (Lipinski definition) is 0. The van der Waals surface area contributed by atoms with Crippen LogP contribution in [0.15, 0.2) is 0 Å². The fourth-order valence-corrected chi connectivity index (χ4v) is 0.976. The Kier molecular flexibility index (Phi) is 19.6. The van der Waals surface area contributed by atoms with Gasteiger partial charge in [-0.1, -0.05) is 0 Å². The van der Waals surface area contributed by atoms with Crippen LogP contribution in [0, 0.1) is 176 Å². The Hall–Kier alpha value is -5.87. The van der Waals surface area contributed by atoms with Crippen LogP contribution in [0.5, 0.6) is 0 Å². The summed E-state index contributed by atoms with van der Waals surface area (Å²) in [5.74, 6) is 69.2. The highest BCUT2D eigenvalue weighted by atomic mass is 127. The number of rotatable bonds is 0. The second-order valence-electron chi connectivity index (χ2n) is 3.61. The molecule has 0 saturated heterocycles. The second-order valence-corrected chi connectivity index (χ2v) is 4.15. The van der Waals surface area contributed by atoms with Gasteiger partial charge in [0.15, 0.2) is 0 Å². The van der Waals surface area contributed by atoms with Gasteiger partial charge in [-0.15, -0.1) is 6.42 Å². The average Bonchev–Trinajstić information content (AvgIpc) is 2.78. The molecule has 0 aromatic heterocycles. The van der Waals surface area contributed by atoms with Crippen LogP contribution in [0.1, 0.15) is 0 Å². The van der Waals surface area contributed by atoms with Crippen LogP contribution >= 0.6 is 22.6 Å². The Labute approximate surface area is 198 Å². The molecule has 1 heteroatoms. The van der Waals surface area contributed by atoms with Crippen molar-refractivity contribution in [1.82, 2.24) is 0 Å². The predicted octanol–water partition coefficient (Wildman–Crippen LogP) is 1.06. The number of halogens is 1. The maximum absolute atomic E-state index is 4.92. The Morgan fingerprint density at radius 1 is 0.258 bits per heavy atom. The Bertz CT molecular complexity index is 1660. The van der Waals surface area contributed by atoms with E-state index in [2.05, 4.69) is 170 Å². The van der Waals surface area contributed by atoms with Crippen LogP contribution < -0.4 is 0 Å². The molecule has 0 fully saturated rings. The molecule has 0 saturated carbocycles. The minimum absolute atomic E-state index is 1.89. The number of terminal acetylenes is 1. The van der Waals surface area contributed by atoms with Crippen molar-refractivity contribution >= 4 is 22.6 Å². The summed E-state index contributed by atoms with van der Waals surface area (Å²) in [6.07, 6.45) is 4.92. The van der Waals surface area contributed by atoms with Crippen molar-refractivity contribution in [2.45, 2.75) is 0 Å². The van der Waals surface area contributed by atoms with E-state index in [0.29, 0.717) is 0 Å². The molecule has 0 heterocycles. The summed E-state index contributed by atoms with van der Waals surface area (Å²) < 4.78 is 2.59. The maximum Gasteiger partial charge on any atom is 0.0192 e. The third-order valence-corrected chi connectivity index (χ3v) is 2.01. The summed E-state index contributed by atoms with van der Waals surface area (Å²) in [7, 11) is 0. The summed E-state index contributed by atoms with van der Waals surface area (Å²) in [5.41, 5.74) is 0. The van der Waals surface area contributed by atoms with Crippen LogP contribution in [0.25, 0.3) is 0 Å². The zero-order valence-electron chi connectivity index (χ0n) is 15.5. The van der Waals surface area contributed by atoms with Gasteiger partial charge in [0.1, 0.15) is 0 Å². The maximum atomic E-state index is 4.92. The van der Waals surface area contributed by atoms with Gasteiger partial charge in [0.25, 0.3) is 0 Å². The van der Waals surface area contributed by atoms with Gasteiger partial charge in [-0.2, -0.15) is 0 Å². The minimum Gasteiger partial charge on any atom is -0.106 e. The van der Waals surface area contributed by atoms with Crippen molar-refractivity contribution < 1.29 is 0 Å². The Balaban J connectivity index is 4.47. The van der Waals surface area contributed by atoms with Crippen molar-refractivity contribution in [2.24, 2.45) is 0 Å². The standard InChI is InChI=1S/C30HI/c1-2-3-4-5-6-7-8-9-10-11-12-13-14-15-16-17-18-19-20-21-22-23-24-25-26-27-28-29-30-31/h1H. The molecular formula is C30HI. The fraction of sp³-hybridized carbons (Fsp3) is 0. The first-order valence-corrected chi connectivity index (χ1v) is 8.56. The molecule has 0 radical (unpaired) electrons. The molecule has 0 nitrogen and oxygen atoms in total. The lowest BCUT2D eigenvalue weighted by atomic mass is 10.4. The van der Waals surface area contributed by atoms with E-state index in [4.69, 9.17) is 6.42 Å². The van der Waals surface area contributed by atoms with Crippen LogP contribution in [0.2, 0.25) is 0 Å². The molecule has 0 aliphatic heterocycles. The first-order chi connectivity index (χ1) is 15.4. The normalized spacial score (nSPS) is 3.87. The predicted molar refractivity (Wildman–Crippen MR) is 132 cm³/mol. The van der Waals surface area contributed by atoms with E-state index in [9.17, 15) is 0 Å². The van der Waals surface area contributed by atoms with E-state index in [-0.39, 0.29) is 0 Å². The van der Waals surface area contributed by atoms with Gasteiger partial charge in [-0.25, -0.2) is 0 Å². The van der Waals surface area contributed by atoms with Crippen LogP contribution in [-0.4, -0.2) is 0 Å². The molecule has 0 aliphatic carbocycles. The smallest absolute Gasteiger partial charge is 0.0192 e. The summed E-state index contributed by atoms with van der Waals surface area (Å²) in [4.78, 5) is 0. The minimum atomic E-state index is 1.89. The topological polar surface area (TPSA) is 0 Å². The van der Waals surface area contributed by atoms with E-state index >= 15 is 0 Å². The number of hydrogen-bond donors (Lipinski definition) is 0. The fourth-order valence-electron chi connectivity index (χ4n) is 0.841. The quantitative estimate of drug-likeness (QED) is 0.354. The van der Waals surface area contributed by atoms with Gasteiger partial charge < -0.3 is 0 Å². The van der Waals surface area contributed by atoms with E-state index in [1.54, 1.807) is 0 Å². The van der Waals surface area contributed by atoms with Gasteiger partial charge >= 0.3 is 0 Å². The molecule has 0 aromatic carbocycles. The molecule has 0 N–H and O–H groups in total. The molecule has 0 aromatic rings. The molecule has 0 aliphatic rings. The van der Waals surface area contributed by atoms with Gasteiger partial charge in [-0.3, -0.25) is 0 Å². The molecule has 0 spiro atoms. The lowest BCUT2D eigenvalue weighted by Gasteiger charge is -1.57.